The fraction of sp³-hybridized carbons (Fsp3) is 0.235. The van der Waals surface area contributed by atoms with E-state index in [1.807, 2.05) is 55.5 Å². The van der Waals surface area contributed by atoms with E-state index >= 15 is 0 Å². The fourth-order valence-electron chi connectivity index (χ4n) is 2.32. The van der Waals surface area contributed by atoms with Crippen molar-refractivity contribution in [3.8, 4) is 17.0 Å². The maximum absolute atomic E-state index is 5.18. The minimum absolute atomic E-state index is 0.683. The molecule has 6 heteroatoms. The van der Waals surface area contributed by atoms with Crippen LogP contribution in [0.5, 0.6) is 5.75 Å². The van der Waals surface area contributed by atoms with Gasteiger partial charge in [0.05, 0.1) is 19.0 Å². The second-order valence-electron chi connectivity index (χ2n) is 5.35. The van der Waals surface area contributed by atoms with Crippen molar-refractivity contribution in [3.05, 3.63) is 54.5 Å². The summed E-state index contributed by atoms with van der Waals surface area (Å²) in [5.74, 6) is 1.54. The number of rotatable bonds is 5. The molecule has 0 N–H and O–H groups in total. The van der Waals surface area contributed by atoms with Crippen LogP contribution in [0.2, 0.25) is 0 Å². The lowest BCUT2D eigenvalue weighted by molar-refractivity contribution is 0.414. The van der Waals surface area contributed by atoms with E-state index in [1.54, 1.807) is 24.2 Å². The van der Waals surface area contributed by atoms with Gasteiger partial charge < -0.3 is 9.64 Å². The molecule has 0 aliphatic carbocycles. The van der Waals surface area contributed by atoms with E-state index in [1.165, 1.54) is 5.56 Å². The Morgan fingerprint density at radius 3 is 2.61 bits per heavy atom. The van der Waals surface area contributed by atoms with Gasteiger partial charge in [0.25, 0.3) is 0 Å². The summed E-state index contributed by atoms with van der Waals surface area (Å²) in [4.78, 5) is 11.0. The van der Waals surface area contributed by atoms with Crippen LogP contribution in [0.15, 0.2) is 48.9 Å². The summed E-state index contributed by atoms with van der Waals surface area (Å²) in [6.07, 6.45) is 5.51. The fourth-order valence-corrected chi connectivity index (χ4v) is 2.32. The quantitative estimate of drug-likeness (QED) is 0.725. The first-order valence-electron chi connectivity index (χ1n) is 7.32. The second kappa shape index (κ2) is 6.48. The third kappa shape index (κ3) is 3.48. The van der Waals surface area contributed by atoms with Crippen molar-refractivity contribution in [1.29, 1.82) is 0 Å². The molecule has 3 aromatic rings. The van der Waals surface area contributed by atoms with Crippen molar-refractivity contribution in [3.63, 3.8) is 0 Å². The Balaban J connectivity index is 1.77. The minimum Gasteiger partial charge on any atom is -0.497 e. The van der Waals surface area contributed by atoms with Gasteiger partial charge in [0, 0.05) is 38.6 Å². The molecule has 0 saturated carbocycles. The lowest BCUT2D eigenvalue weighted by atomic mass is 10.2. The normalized spacial score (nSPS) is 10.6. The van der Waals surface area contributed by atoms with Gasteiger partial charge in [-0.15, -0.1) is 0 Å². The standard InChI is InChI=1S/C17H19N5O/c1-21(11-13-4-6-15(23-3)7-5-13)17-18-9-8-16(20-17)14-10-19-22(2)12-14/h4-10,12H,11H2,1-3H3. The number of aromatic nitrogens is 4. The lowest BCUT2D eigenvalue weighted by Crippen LogP contribution is -2.19. The van der Waals surface area contributed by atoms with Crippen molar-refractivity contribution in [2.24, 2.45) is 7.05 Å². The maximum Gasteiger partial charge on any atom is 0.225 e. The van der Waals surface area contributed by atoms with Gasteiger partial charge in [0.1, 0.15) is 5.75 Å². The smallest absolute Gasteiger partial charge is 0.225 e. The van der Waals surface area contributed by atoms with E-state index in [0.29, 0.717) is 5.95 Å². The van der Waals surface area contributed by atoms with Gasteiger partial charge in [-0.25, -0.2) is 9.97 Å². The molecule has 0 unspecified atom stereocenters. The van der Waals surface area contributed by atoms with Gasteiger partial charge in [-0.1, -0.05) is 12.1 Å². The number of aryl methyl sites for hydroxylation is 1. The Hall–Kier alpha value is -2.89. The molecule has 6 nitrogen and oxygen atoms in total. The van der Waals surface area contributed by atoms with Crippen LogP contribution in [-0.2, 0) is 13.6 Å². The Morgan fingerprint density at radius 2 is 1.96 bits per heavy atom. The predicted octanol–water partition coefficient (Wildman–Crippen LogP) is 2.52. The molecule has 0 saturated heterocycles. The summed E-state index contributed by atoms with van der Waals surface area (Å²) in [7, 11) is 5.53. The van der Waals surface area contributed by atoms with E-state index < -0.39 is 0 Å². The zero-order chi connectivity index (χ0) is 16.2. The molecule has 3 rings (SSSR count). The Kier molecular flexibility index (Phi) is 4.23. The topological polar surface area (TPSA) is 56.1 Å². The van der Waals surface area contributed by atoms with Crippen LogP contribution in [-0.4, -0.2) is 33.9 Å². The van der Waals surface area contributed by atoms with Crippen molar-refractivity contribution in [1.82, 2.24) is 19.7 Å². The second-order valence-corrected chi connectivity index (χ2v) is 5.35. The third-order valence-electron chi connectivity index (χ3n) is 3.56. The van der Waals surface area contributed by atoms with Crippen LogP contribution in [0.4, 0.5) is 5.95 Å². The number of benzene rings is 1. The molecular formula is C17H19N5O. The molecule has 0 aliphatic rings. The molecule has 0 bridgehead atoms. The highest BCUT2D eigenvalue weighted by Gasteiger charge is 2.08. The van der Waals surface area contributed by atoms with E-state index in [2.05, 4.69) is 15.1 Å². The highest BCUT2D eigenvalue weighted by Crippen LogP contribution is 2.19. The van der Waals surface area contributed by atoms with Crippen molar-refractivity contribution in [2.75, 3.05) is 19.1 Å². The van der Waals surface area contributed by atoms with Crippen LogP contribution >= 0.6 is 0 Å². The molecule has 1 aromatic carbocycles. The van der Waals surface area contributed by atoms with Crippen LogP contribution in [0.3, 0.4) is 0 Å². The molecule has 0 aliphatic heterocycles. The highest BCUT2D eigenvalue weighted by molar-refractivity contribution is 5.58. The first-order chi connectivity index (χ1) is 11.2. The zero-order valence-electron chi connectivity index (χ0n) is 13.5. The maximum atomic E-state index is 5.18. The van der Waals surface area contributed by atoms with E-state index in [9.17, 15) is 0 Å². The molecule has 0 atom stereocenters. The zero-order valence-corrected chi connectivity index (χ0v) is 13.5. The van der Waals surface area contributed by atoms with Crippen LogP contribution in [0, 0.1) is 0 Å². The van der Waals surface area contributed by atoms with Gasteiger partial charge in [0.2, 0.25) is 5.95 Å². The largest absolute Gasteiger partial charge is 0.497 e. The Morgan fingerprint density at radius 1 is 1.17 bits per heavy atom. The summed E-state index contributed by atoms with van der Waals surface area (Å²) in [5, 5.41) is 4.18. The molecule has 2 aromatic heterocycles. The molecule has 0 radical (unpaired) electrons. The average Bonchev–Trinajstić information content (AvgIpc) is 3.02. The minimum atomic E-state index is 0.683. The third-order valence-corrected chi connectivity index (χ3v) is 3.56. The van der Waals surface area contributed by atoms with Crippen molar-refractivity contribution >= 4 is 5.95 Å². The number of ether oxygens (including phenoxy) is 1. The van der Waals surface area contributed by atoms with Gasteiger partial charge in [0.15, 0.2) is 0 Å². The van der Waals surface area contributed by atoms with E-state index in [4.69, 9.17) is 4.74 Å². The molecule has 118 valence electrons. The highest BCUT2D eigenvalue weighted by atomic mass is 16.5. The first kappa shape index (κ1) is 15.0. The summed E-state index contributed by atoms with van der Waals surface area (Å²) in [6.45, 7) is 0.723. The van der Waals surface area contributed by atoms with Crippen molar-refractivity contribution < 1.29 is 4.74 Å². The monoisotopic (exact) mass is 309 g/mol. The van der Waals surface area contributed by atoms with Crippen LogP contribution < -0.4 is 9.64 Å². The number of nitrogens with zero attached hydrogens (tertiary/aromatic N) is 5. The average molecular weight is 309 g/mol. The molecule has 2 heterocycles. The van der Waals surface area contributed by atoms with Gasteiger partial charge in [-0.3, -0.25) is 4.68 Å². The number of hydrogen-bond donors (Lipinski definition) is 0. The lowest BCUT2D eigenvalue weighted by Gasteiger charge is -2.17. The molecule has 0 amide bonds. The van der Waals surface area contributed by atoms with Crippen LogP contribution in [0.25, 0.3) is 11.3 Å². The van der Waals surface area contributed by atoms with Crippen LogP contribution in [0.1, 0.15) is 5.56 Å². The Labute approximate surface area is 135 Å². The summed E-state index contributed by atoms with van der Waals surface area (Å²) in [6, 6.07) is 9.88. The number of methoxy groups -OCH3 is 1. The molecule has 0 fully saturated rings. The summed E-state index contributed by atoms with van der Waals surface area (Å²) in [5.41, 5.74) is 3.02. The molecule has 23 heavy (non-hydrogen) atoms. The van der Waals surface area contributed by atoms with Gasteiger partial charge in [-0.05, 0) is 23.8 Å². The molecule has 0 spiro atoms. The first-order valence-corrected chi connectivity index (χ1v) is 7.32. The van der Waals surface area contributed by atoms with Crippen molar-refractivity contribution in [2.45, 2.75) is 6.54 Å². The number of anilines is 1. The van der Waals surface area contributed by atoms with E-state index in [-0.39, 0.29) is 0 Å². The summed E-state index contributed by atoms with van der Waals surface area (Å²) >= 11 is 0. The van der Waals surface area contributed by atoms with Gasteiger partial charge in [-0.2, -0.15) is 5.10 Å². The number of hydrogen-bond acceptors (Lipinski definition) is 5. The van der Waals surface area contributed by atoms with E-state index in [0.717, 1.165) is 23.6 Å². The summed E-state index contributed by atoms with van der Waals surface area (Å²) < 4.78 is 6.94. The predicted molar refractivity (Wildman–Crippen MR) is 89.3 cm³/mol. The molecular weight excluding hydrogens is 290 g/mol. The van der Waals surface area contributed by atoms with Gasteiger partial charge >= 0.3 is 0 Å². The SMILES string of the molecule is COc1ccc(CN(C)c2nccc(-c3cnn(C)c3)n2)cc1. The Bertz CT molecular complexity index is 782.